The van der Waals surface area contributed by atoms with Gasteiger partial charge in [-0.1, -0.05) is 133 Å². The largest absolute Gasteiger partial charge is 0.459 e. The number of methoxy groups -OCH3 is 1. The van der Waals surface area contributed by atoms with E-state index in [4.69, 9.17) is 47.4 Å². The lowest BCUT2D eigenvalue weighted by molar-refractivity contribution is -0.335. The number of ether oxygens (including phenoxy) is 10. The van der Waals surface area contributed by atoms with Crippen LogP contribution in [0.15, 0.2) is 182 Å². The fourth-order valence-electron chi connectivity index (χ4n) is 7.97. The molecule has 2 aliphatic heterocycles. The van der Waals surface area contributed by atoms with Crippen molar-refractivity contribution in [2.24, 2.45) is 0 Å². The molecule has 0 aliphatic carbocycles. The second kappa shape index (κ2) is 24.5. The number of aliphatic hydroxyl groups is 1. The number of hydrogen-bond acceptors (Lipinski definition) is 15. The van der Waals surface area contributed by atoms with E-state index in [1.54, 1.807) is 84.9 Å². The Balaban J connectivity index is 1.14. The molecule has 70 heavy (non-hydrogen) atoms. The van der Waals surface area contributed by atoms with Gasteiger partial charge in [-0.25, -0.2) is 19.2 Å². The lowest BCUT2D eigenvalue weighted by atomic mass is 9.97. The highest BCUT2D eigenvalue weighted by molar-refractivity contribution is 5.91. The summed E-state index contributed by atoms with van der Waals surface area (Å²) in [7, 11) is 1.43. The van der Waals surface area contributed by atoms with Gasteiger partial charge in [0.05, 0.1) is 42.1 Å². The van der Waals surface area contributed by atoms with Crippen LogP contribution in [0.4, 0.5) is 0 Å². The molecule has 2 saturated heterocycles. The number of aliphatic hydroxyl groups excluding tert-OH is 1. The molecule has 2 fully saturated rings. The van der Waals surface area contributed by atoms with E-state index < -0.39 is 98.5 Å². The van der Waals surface area contributed by atoms with E-state index in [9.17, 15) is 24.3 Å². The van der Waals surface area contributed by atoms with E-state index in [-0.39, 0.29) is 35.5 Å². The third-order valence-electron chi connectivity index (χ3n) is 11.6. The van der Waals surface area contributed by atoms with Crippen molar-refractivity contribution in [3.63, 3.8) is 0 Å². The van der Waals surface area contributed by atoms with Crippen LogP contribution in [0.5, 0.6) is 0 Å². The molecule has 0 saturated carbocycles. The minimum absolute atomic E-state index is 0.0992. The molecule has 362 valence electrons. The van der Waals surface area contributed by atoms with Gasteiger partial charge in [0.25, 0.3) is 0 Å². The minimum Gasteiger partial charge on any atom is -0.459 e. The summed E-state index contributed by atoms with van der Waals surface area (Å²) in [5, 5.41) is 12.2. The molecule has 0 unspecified atom stereocenters. The number of carbonyl (C=O) groups excluding carboxylic acids is 4. The summed E-state index contributed by atoms with van der Waals surface area (Å²) < 4.78 is 62.2. The molecule has 6 aromatic carbocycles. The second-order valence-corrected chi connectivity index (χ2v) is 16.3. The zero-order valence-electron chi connectivity index (χ0n) is 38.1. The van der Waals surface area contributed by atoms with Gasteiger partial charge in [-0.2, -0.15) is 0 Å². The number of esters is 4. The van der Waals surface area contributed by atoms with Crippen LogP contribution < -0.4 is 0 Å². The Morgan fingerprint density at radius 1 is 0.414 bits per heavy atom. The molecule has 0 amide bonds. The van der Waals surface area contributed by atoms with Gasteiger partial charge in [0.2, 0.25) is 0 Å². The van der Waals surface area contributed by atoms with Crippen molar-refractivity contribution in [3.05, 3.63) is 215 Å². The highest BCUT2D eigenvalue weighted by Crippen LogP contribution is 2.34. The van der Waals surface area contributed by atoms with Gasteiger partial charge >= 0.3 is 23.9 Å². The Morgan fingerprint density at radius 3 is 1.26 bits per heavy atom. The van der Waals surface area contributed by atoms with Crippen molar-refractivity contribution in [2.45, 2.75) is 74.6 Å². The molecule has 10 atom stereocenters. The van der Waals surface area contributed by atoms with Crippen LogP contribution in [-0.2, 0) is 60.6 Å². The first-order valence-corrected chi connectivity index (χ1v) is 22.7. The van der Waals surface area contributed by atoms with Crippen LogP contribution in [-0.4, -0.2) is 111 Å². The van der Waals surface area contributed by atoms with Crippen LogP contribution in [0.2, 0.25) is 0 Å². The van der Waals surface area contributed by atoms with Gasteiger partial charge in [0.1, 0.15) is 37.1 Å². The molecule has 0 spiro atoms. The quantitative estimate of drug-likeness (QED) is 0.0638. The van der Waals surface area contributed by atoms with Gasteiger partial charge in [-0.3, -0.25) is 0 Å². The smallest absolute Gasteiger partial charge is 0.338 e. The van der Waals surface area contributed by atoms with Crippen molar-refractivity contribution in [3.8, 4) is 0 Å². The van der Waals surface area contributed by atoms with Crippen molar-refractivity contribution < 1.29 is 71.7 Å². The van der Waals surface area contributed by atoms with E-state index in [0.29, 0.717) is 0 Å². The summed E-state index contributed by atoms with van der Waals surface area (Å²) >= 11 is 0. The van der Waals surface area contributed by atoms with E-state index in [1.807, 2.05) is 60.7 Å². The molecule has 8 rings (SSSR count). The standard InChI is InChI=1S/C55H52O15/c1-61-54-48(63-33-37-22-10-3-11-23-37)46(62-32-36-20-8-2-9-21-36)44(56)42(66-54)34-65-55-49(70-53(60)41-30-18-7-19-31-41)47(69-52(59)40-28-16-6-17-29-40)45(68-51(58)39-26-14-5-15-27-39)43(67-55)35-64-50(57)38-24-12-4-13-25-38/h2-31,42-49,54-56H,32-35H2,1H3/t42-,43-,44-,45-,46+,47+,48-,49-,54+,55-/m1/s1. The minimum atomic E-state index is -1.68. The van der Waals surface area contributed by atoms with Crippen LogP contribution in [0.25, 0.3) is 0 Å². The zero-order valence-corrected chi connectivity index (χ0v) is 38.1. The molecule has 15 nitrogen and oxygen atoms in total. The monoisotopic (exact) mass is 952 g/mol. The van der Waals surface area contributed by atoms with Gasteiger partial charge in [0.15, 0.2) is 30.9 Å². The maximum atomic E-state index is 14.1. The fourth-order valence-corrected chi connectivity index (χ4v) is 7.97. The molecule has 6 aromatic rings. The van der Waals surface area contributed by atoms with Gasteiger partial charge < -0.3 is 52.5 Å². The van der Waals surface area contributed by atoms with E-state index in [1.165, 1.54) is 43.5 Å². The summed E-state index contributed by atoms with van der Waals surface area (Å²) in [6.07, 6.45) is -13.7. The van der Waals surface area contributed by atoms with Gasteiger partial charge in [0, 0.05) is 7.11 Å². The molecule has 2 aliphatic rings. The number of benzene rings is 6. The molecule has 0 radical (unpaired) electrons. The maximum Gasteiger partial charge on any atom is 0.338 e. The second-order valence-electron chi connectivity index (χ2n) is 16.3. The third kappa shape index (κ3) is 12.8. The SMILES string of the molecule is CO[C@H]1O[C@H](CO[C@@H]2O[C@H](COC(=O)c3ccccc3)[C@@H](OC(=O)c3ccccc3)[C@H](OC(=O)c3ccccc3)[C@H]2OC(=O)c2ccccc2)[C@@H](O)[C@H](OCc2ccccc2)[C@H]1OCc1ccccc1. The fraction of sp³-hybridized carbons (Fsp3) is 0.273. The van der Waals surface area contributed by atoms with Crippen molar-refractivity contribution in [1.82, 2.24) is 0 Å². The molecule has 0 bridgehead atoms. The van der Waals surface area contributed by atoms with E-state index in [2.05, 4.69) is 0 Å². The number of hydrogen-bond donors (Lipinski definition) is 1. The predicted molar refractivity (Wildman–Crippen MR) is 250 cm³/mol. The van der Waals surface area contributed by atoms with E-state index in [0.717, 1.165) is 11.1 Å². The van der Waals surface area contributed by atoms with Crippen molar-refractivity contribution in [2.75, 3.05) is 20.3 Å². The highest BCUT2D eigenvalue weighted by atomic mass is 16.8. The summed E-state index contributed by atoms with van der Waals surface area (Å²) in [5.41, 5.74) is 2.30. The Morgan fingerprint density at radius 2 is 0.800 bits per heavy atom. The Hall–Kier alpha value is -7.08. The highest BCUT2D eigenvalue weighted by Gasteiger charge is 2.55. The average Bonchev–Trinajstić information content (AvgIpc) is 3.41. The topological polar surface area (TPSA) is 181 Å². The lowest BCUT2D eigenvalue weighted by Crippen LogP contribution is -2.64. The number of carbonyl (C=O) groups is 4. The van der Waals surface area contributed by atoms with Gasteiger partial charge in [-0.05, 0) is 59.7 Å². The first kappa shape index (κ1) is 49.3. The molecular weight excluding hydrogens is 901 g/mol. The summed E-state index contributed by atoms with van der Waals surface area (Å²) in [5.74, 6) is -3.33. The summed E-state index contributed by atoms with van der Waals surface area (Å²) in [6.45, 7) is -0.787. The van der Waals surface area contributed by atoms with Crippen LogP contribution in [0.1, 0.15) is 52.6 Å². The summed E-state index contributed by atoms with van der Waals surface area (Å²) in [4.78, 5) is 55.6. The zero-order chi connectivity index (χ0) is 48.7. The molecule has 1 N–H and O–H groups in total. The van der Waals surface area contributed by atoms with Crippen LogP contribution in [0.3, 0.4) is 0 Å². The van der Waals surface area contributed by atoms with Gasteiger partial charge in [-0.15, -0.1) is 0 Å². The van der Waals surface area contributed by atoms with E-state index >= 15 is 0 Å². The normalized spacial score (nSPS) is 24.1. The lowest BCUT2D eigenvalue weighted by Gasteiger charge is -2.46. The molecular formula is C55H52O15. The van der Waals surface area contributed by atoms with Crippen molar-refractivity contribution >= 4 is 23.9 Å². The Kier molecular flexibility index (Phi) is 17.2. The first-order valence-electron chi connectivity index (χ1n) is 22.7. The first-order chi connectivity index (χ1) is 34.2. The molecule has 0 aromatic heterocycles. The summed E-state index contributed by atoms with van der Waals surface area (Å²) in [6, 6.07) is 51.1. The maximum absolute atomic E-state index is 14.1. The van der Waals surface area contributed by atoms with Crippen LogP contribution in [0, 0.1) is 0 Å². The average molecular weight is 953 g/mol. The Bertz CT molecular complexity index is 2570. The third-order valence-corrected chi connectivity index (χ3v) is 11.6. The van der Waals surface area contributed by atoms with Crippen LogP contribution >= 0.6 is 0 Å². The molecule has 15 heteroatoms. The molecule has 2 heterocycles. The van der Waals surface area contributed by atoms with Crippen molar-refractivity contribution in [1.29, 1.82) is 0 Å². The Labute approximate surface area is 404 Å². The number of rotatable bonds is 19. The predicted octanol–water partition coefficient (Wildman–Crippen LogP) is 7.16.